The van der Waals surface area contributed by atoms with E-state index in [1.54, 1.807) is 0 Å². The van der Waals surface area contributed by atoms with Gasteiger partial charge in [-0.1, -0.05) is 0 Å². The van der Waals surface area contributed by atoms with E-state index in [0.717, 1.165) is 0 Å². The average Bonchev–Trinajstić information content (AvgIpc) is 2.01. The fourth-order valence-electron chi connectivity index (χ4n) is 0.751. The molecule has 2 atom stereocenters. The Labute approximate surface area is 124 Å². The maximum atomic E-state index is 12.6. The Morgan fingerprint density at radius 3 is 2.07 bits per heavy atom. The third-order valence-corrected chi connectivity index (χ3v) is 2.30. The summed E-state index contributed by atoms with van der Waals surface area (Å²) in [7, 11) is -4.97. The van der Waals surface area contributed by atoms with Gasteiger partial charge >= 0.3 is 61.5 Å². The molecule has 0 aromatic carbocycles. The minimum absolute atomic E-state index is 0. The monoisotopic (exact) mass is 260 g/mol. The summed E-state index contributed by atoms with van der Waals surface area (Å²) in [6.07, 6.45) is -2.60. The Bertz CT molecular complexity index is 234. The summed E-state index contributed by atoms with van der Waals surface area (Å²) in [4.78, 5) is 0. The van der Waals surface area contributed by atoms with Crippen molar-refractivity contribution in [2.75, 3.05) is 6.67 Å². The van der Waals surface area contributed by atoms with Gasteiger partial charge in [0.25, 0.3) is 5.50 Å². The van der Waals surface area contributed by atoms with E-state index in [4.69, 9.17) is 4.55 Å². The first kappa shape index (κ1) is 17.7. The van der Waals surface area contributed by atoms with Crippen LogP contribution in [0.4, 0.5) is 13.2 Å². The van der Waals surface area contributed by atoms with Crippen molar-refractivity contribution in [1.82, 2.24) is 0 Å². The molecule has 0 saturated carbocycles. The first-order chi connectivity index (χ1) is 5.89. The zero-order valence-electron chi connectivity index (χ0n) is 6.79. The van der Waals surface area contributed by atoms with E-state index in [2.05, 4.69) is 0 Å². The van der Waals surface area contributed by atoms with Crippen LogP contribution in [-0.4, -0.2) is 82.7 Å². The Morgan fingerprint density at radius 2 is 1.71 bits per heavy atom. The van der Waals surface area contributed by atoms with Crippen LogP contribution < -0.4 is 0 Å². The summed E-state index contributed by atoms with van der Waals surface area (Å²) in [6, 6.07) is 0. The molecule has 0 aliphatic heterocycles. The fourth-order valence-corrected chi connectivity index (χ4v) is 1.26. The third kappa shape index (κ3) is 7.61. The first-order valence-corrected chi connectivity index (χ1v) is 5.20. The van der Waals surface area contributed by atoms with Crippen LogP contribution in [0.3, 0.4) is 0 Å². The standard InChI is InChI=1S/C6H11F3O3S.K.H/c7-4-2-1-3-5(8)6(9)13(10,11)12;;/h5-6H,1-4H2,(H,10,11,12);;. The fraction of sp³-hybridized carbons (Fsp3) is 1.00. The SMILES string of the molecule is O=S(=O)(O)C(F)C(F)CCCCF.[KH]. The van der Waals surface area contributed by atoms with Gasteiger partial charge in [0.05, 0.1) is 6.67 Å². The number of unbranched alkanes of at least 4 members (excludes halogenated alkanes) is 1. The van der Waals surface area contributed by atoms with Crippen LogP contribution in [0.5, 0.6) is 0 Å². The van der Waals surface area contributed by atoms with Gasteiger partial charge in [0, 0.05) is 0 Å². The molecule has 1 N–H and O–H groups in total. The van der Waals surface area contributed by atoms with E-state index in [1.807, 2.05) is 0 Å². The van der Waals surface area contributed by atoms with Gasteiger partial charge in [0.2, 0.25) is 0 Å². The molecule has 0 fully saturated rings. The van der Waals surface area contributed by atoms with Crippen LogP contribution in [0.15, 0.2) is 0 Å². The molecule has 0 rings (SSSR count). The van der Waals surface area contributed by atoms with Gasteiger partial charge in [0.15, 0.2) is 0 Å². The van der Waals surface area contributed by atoms with Crippen molar-refractivity contribution < 1.29 is 26.1 Å². The van der Waals surface area contributed by atoms with Crippen LogP contribution in [0.2, 0.25) is 0 Å². The summed E-state index contributed by atoms with van der Waals surface area (Å²) >= 11 is 0. The molecular formula is C6H12F3KO3S. The molecule has 0 radical (unpaired) electrons. The quantitative estimate of drug-likeness (QED) is 0.440. The maximum absolute atomic E-state index is 12.6. The molecule has 0 spiro atoms. The van der Waals surface area contributed by atoms with Gasteiger partial charge in [-0.15, -0.1) is 0 Å². The summed E-state index contributed by atoms with van der Waals surface area (Å²) in [5.41, 5.74) is -2.92. The zero-order chi connectivity index (χ0) is 10.5. The third-order valence-electron chi connectivity index (χ3n) is 1.43. The second-order valence-corrected chi connectivity index (χ2v) is 4.05. The first-order valence-electron chi connectivity index (χ1n) is 3.70. The molecule has 3 nitrogen and oxygen atoms in total. The minimum atomic E-state index is -4.97. The summed E-state index contributed by atoms with van der Waals surface area (Å²) in [5.74, 6) is 0. The molecule has 0 saturated heterocycles. The number of rotatable bonds is 6. The van der Waals surface area contributed by atoms with E-state index >= 15 is 0 Å². The van der Waals surface area contributed by atoms with Crippen molar-refractivity contribution in [1.29, 1.82) is 0 Å². The molecule has 82 valence electrons. The van der Waals surface area contributed by atoms with E-state index in [9.17, 15) is 21.6 Å². The van der Waals surface area contributed by atoms with Gasteiger partial charge in [-0.3, -0.25) is 8.94 Å². The average molecular weight is 260 g/mol. The van der Waals surface area contributed by atoms with Gasteiger partial charge in [-0.25, -0.2) is 8.78 Å². The molecular weight excluding hydrogens is 248 g/mol. The van der Waals surface area contributed by atoms with Crippen LogP contribution in [0.1, 0.15) is 19.3 Å². The van der Waals surface area contributed by atoms with Crippen LogP contribution in [-0.2, 0) is 10.1 Å². The molecule has 14 heavy (non-hydrogen) atoms. The van der Waals surface area contributed by atoms with Crippen molar-refractivity contribution in [2.45, 2.75) is 30.9 Å². The molecule has 2 unspecified atom stereocenters. The van der Waals surface area contributed by atoms with Gasteiger partial charge in [0.1, 0.15) is 6.17 Å². The van der Waals surface area contributed by atoms with Crippen LogP contribution in [0.25, 0.3) is 0 Å². The number of halogens is 3. The van der Waals surface area contributed by atoms with Crippen LogP contribution >= 0.6 is 0 Å². The van der Waals surface area contributed by atoms with Crippen molar-refractivity contribution in [3.8, 4) is 0 Å². The zero-order valence-corrected chi connectivity index (χ0v) is 7.61. The van der Waals surface area contributed by atoms with E-state index < -0.39 is 34.9 Å². The van der Waals surface area contributed by atoms with Crippen molar-refractivity contribution >= 4 is 61.5 Å². The number of hydrogen-bond donors (Lipinski definition) is 1. The molecule has 0 heterocycles. The molecule has 0 aromatic rings. The topological polar surface area (TPSA) is 54.4 Å². The summed E-state index contributed by atoms with van der Waals surface area (Å²) in [5, 5.41) is 0. The van der Waals surface area contributed by atoms with Crippen molar-refractivity contribution in [3.63, 3.8) is 0 Å². The molecule has 8 heteroatoms. The summed E-state index contributed by atoms with van der Waals surface area (Å²) in [6.45, 7) is -0.657. The van der Waals surface area contributed by atoms with Crippen LogP contribution in [0, 0.1) is 0 Å². The molecule has 0 amide bonds. The summed E-state index contributed by atoms with van der Waals surface area (Å²) < 4.78 is 64.7. The molecule has 0 aliphatic rings. The predicted molar refractivity (Wildman–Crippen MR) is 48.3 cm³/mol. The van der Waals surface area contributed by atoms with Gasteiger partial charge in [-0.2, -0.15) is 8.42 Å². The Balaban J connectivity index is 0. The second kappa shape index (κ2) is 8.48. The Hall–Kier alpha value is 1.34. The van der Waals surface area contributed by atoms with E-state index in [0.29, 0.717) is 0 Å². The van der Waals surface area contributed by atoms with Gasteiger partial charge < -0.3 is 0 Å². The molecule has 0 bridgehead atoms. The van der Waals surface area contributed by atoms with E-state index in [1.165, 1.54) is 0 Å². The number of hydrogen-bond acceptors (Lipinski definition) is 2. The van der Waals surface area contributed by atoms with Crippen molar-refractivity contribution in [2.24, 2.45) is 0 Å². The van der Waals surface area contributed by atoms with E-state index in [-0.39, 0.29) is 64.2 Å². The van der Waals surface area contributed by atoms with Gasteiger partial charge in [-0.05, 0) is 19.3 Å². The Kier molecular flexibility index (Phi) is 10.7. The molecule has 0 aromatic heterocycles. The second-order valence-electron chi connectivity index (χ2n) is 2.57. The predicted octanol–water partition coefficient (Wildman–Crippen LogP) is 0.999. The Morgan fingerprint density at radius 1 is 1.21 bits per heavy atom. The number of alkyl halides is 3. The molecule has 0 aliphatic carbocycles. The normalized spacial score (nSPS) is 15.7. The van der Waals surface area contributed by atoms with Crippen molar-refractivity contribution in [3.05, 3.63) is 0 Å².